The Balaban J connectivity index is 1.99. The molecule has 2 rings (SSSR count). The first-order valence-electron chi connectivity index (χ1n) is 7.27. The van der Waals surface area contributed by atoms with E-state index in [4.69, 9.17) is 5.73 Å². The molecule has 0 spiro atoms. The standard InChI is InChI=1S/C16H26N2/c1-3-14-6-5-10-18(11-9-14)12-15-7-4-8-16(17)13(15)2/h4,7-8,14H,3,5-6,9-12,17H2,1-2H3. The quantitative estimate of drug-likeness (QED) is 0.826. The fourth-order valence-electron chi connectivity index (χ4n) is 2.91. The van der Waals surface area contributed by atoms with E-state index >= 15 is 0 Å². The third kappa shape index (κ3) is 3.26. The molecule has 2 heteroatoms. The van der Waals surface area contributed by atoms with Gasteiger partial charge in [-0.2, -0.15) is 0 Å². The summed E-state index contributed by atoms with van der Waals surface area (Å²) in [6.45, 7) is 8.00. The van der Waals surface area contributed by atoms with Crippen molar-refractivity contribution in [3.8, 4) is 0 Å². The Morgan fingerprint density at radius 1 is 1.28 bits per heavy atom. The van der Waals surface area contributed by atoms with Crippen LogP contribution in [0.2, 0.25) is 0 Å². The molecule has 1 aliphatic rings. The van der Waals surface area contributed by atoms with Crippen molar-refractivity contribution < 1.29 is 0 Å². The summed E-state index contributed by atoms with van der Waals surface area (Å²) >= 11 is 0. The number of rotatable bonds is 3. The minimum atomic E-state index is 0.925. The summed E-state index contributed by atoms with van der Waals surface area (Å²) in [6.07, 6.45) is 5.45. The maximum Gasteiger partial charge on any atom is 0.0346 e. The molecular weight excluding hydrogens is 220 g/mol. The fraction of sp³-hybridized carbons (Fsp3) is 0.625. The summed E-state index contributed by atoms with van der Waals surface area (Å²) in [7, 11) is 0. The van der Waals surface area contributed by atoms with Gasteiger partial charge in [0.15, 0.2) is 0 Å². The molecule has 0 amide bonds. The number of nitrogens with two attached hydrogens (primary N) is 1. The fourth-order valence-corrected chi connectivity index (χ4v) is 2.91. The third-order valence-corrected chi connectivity index (χ3v) is 4.40. The largest absolute Gasteiger partial charge is 0.399 e. The minimum absolute atomic E-state index is 0.925. The van der Waals surface area contributed by atoms with Gasteiger partial charge in [-0.3, -0.25) is 4.90 Å². The second-order valence-corrected chi connectivity index (χ2v) is 5.61. The molecule has 2 nitrogen and oxygen atoms in total. The average molecular weight is 246 g/mol. The zero-order valence-corrected chi connectivity index (χ0v) is 11.8. The summed E-state index contributed by atoms with van der Waals surface area (Å²) in [5.74, 6) is 0.942. The van der Waals surface area contributed by atoms with Gasteiger partial charge in [0, 0.05) is 12.2 Å². The van der Waals surface area contributed by atoms with E-state index in [1.54, 1.807) is 0 Å². The number of hydrogen-bond acceptors (Lipinski definition) is 2. The summed E-state index contributed by atoms with van der Waals surface area (Å²) < 4.78 is 0. The van der Waals surface area contributed by atoms with Gasteiger partial charge in [0.1, 0.15) is 0 Å². The van der Waals surface area contributed by atoms with Gasteiger partial charge in [0.2, 0.25) is 0 Å². The molecule has 0 bridgehead atoms. The summed E-state index contributed by atoms with van der Waals surface area (Å²) in [5.41, 5.74) is 9.56. The first-order valence-corrected chi connectivity index (χ1v) is 7.27. The molecule has 0 radical (unpaired) electrons. The van der Waals surface area contributed by atoms with E-state index in [1.165, 1.54) is 49.9 Å². The van der Waals surface area contributed by atoms with Crippen LogP contribution in [0.25, 0.3) is 0 Å². The average Bonchev–Trinajstić information content (AvgIpc) is 2.60. The van der Waals surface area contributed by atoms with Crippen LogP contribution in [0, 0.1) is 12.8 Å². The number of hydrogen-bond donors (Lipinski definition) is 1. The Morgan fingerprint density at radius 3 is 2.89 bits per heavy atom. The number of benzene rings is 1. The van der Waals surface area contributed by atoms with E-state index in [2.05, 4.69) is 30.9 Å². The van der Waals surface area contributed by atoms with E-state index in [1.807, 2.05) is 6.07 Å². The van der Waals surface area contributed by atoms with Crippen LogP contribution in [0.5, 0.6) is 0 Å². The predicted molar refractivity (Wildman–Crippen MR) is 78.5 cm³/mol. The molecule has 0 saturated carbocycles. The van der Waals surface area contributed by atoms with Crippen LogP contribution in [0.4, 0.5) is 5.69 Å². The first kappa shape index (κ1) is 13.4. The van der Waals surface area contributed by atoms with Gasteiger partial charge in [-0.25, -0.2) is 0 Å². The molecule has 1 heterocycles. The van der Waals surface area contributed by atoms with Crippen LogP contribution >= 0.6 is 0 Å². The SMILES string of the molecule is CCC1CCCN(Cc2cccc(N)c2C)CC1. The Labute approximate surface area is 111 Å². The molecule has 100 valence electrons. The van der Waals surface area contributed by atoms with Crippen LogP contribution in [-0.4, -0.2) is 18.0 Å². The highest BCUT2D eigenvalue weighted by molar-refractivity contribution is 5.49. The van der Waals surface area contributed by atoms with Crippen LogP contribution in [0.1, 0.15) is 43.7 Å². The molecule has 1 fully saturated rings. The van der Waals surface area contributed by atoms with Gasteiger partial charge in [0.25, 0.3) is 0 Å². The van der Waals surface area contributed by atoms with Crippen LogP contribution in [0.15, 0.2) is 18.2 Å². The van der Waals surface area contributed by atoms with Crippen LogP contribution in [0.3, 0.4) is 0 Å². The lowest BCUT2D eigenvalue weighted by Crippen LogP contribution is -2.24. The van der Waals surface area contributed by atoms with Crippen LogP contribution in [-0.2, 0) is 6.54 Å². The van der Waals surface area contributed by atoms with Crippen molar-refractivity contribution >= 4 is 5.69 Å². The van der Waals surface area contributed by atoms with Gasteiger partial charge in [-0.15, -0.1) is 0 Å². The highest BCUT2D eigenvalue weighted by atomic mass is 15.1. The molecule has 18 heavy (non-hydrogen) atoms. The molecule has 0 aliphatic carbocycles. The Kier molecular flexibility index (Phi) is 4.65. The van der Waals surface area contributed by atoms with Gasteiger partial charge in [0.05, 0.1) is 0 Å². The van der Waals surface area contributed by atoms with Gasteiger partial charge >= 0.3 is 0 Å². The molecule has 1 aromatic carbocycles. The molecule has 1 unspecified atom stereocenters. The second-order valence-electron chi connectivity index (χ2n) is 5.61. The van der Waals surface area contributed by atoms with E-state index in [0.29, 0.717) is 0 Å². The van der Waals surface area contributed by atoms with Crippen molar-refractivity contribution in [2.24, 2.45) is 5.92 Å². The Bertz CT molecular complexity index is 387. The second kappa shape index (κ2) is 6.24. The van der Waals surface area contributed by atoms with Gasteiger partial charge in [-0.05, 0) is 62.4 Å². The zero-order valence-electron chi connectivity index (χ0n) is 11.8. The molecule has 1 aliphatic heterocycles. The van der Waals surface area contributed by atoms with E-state index < -0.39 is 0 Å². The topological polar surface area (TPSA) is 29.3 Å². The van der Waals surface area contributed by atoms with Crippen molar-refractivity contribution in [2.75, 3.05) is 18.8 Å². The molecule has 1 atom stereocenters. The van der Waals surface area contributed by atoms with E-state index in [9.17, 15) is 0 Å². The normalized spacial score (nSPS) is 21.8. The lowest BCUT2D eigenvalue weighted by atomic mass is 9.98. The van der Waals surface area contributed by atoms with E-state index in [-0.39, 0.29) is 0 Å². The molecule has 0 aromatic heterocycles. The Hall–Kier alpha value is -1.02. The summed E-state index contributed by atoms with van der Waals surface area (Å²) in [6, 6.07) is 6.28. The highest BCUT2D eigenvalue weighted by Gasteiger charge is 2.16. The van der Waals surface area contributed by atoms with Crippen molar-refractivity contribution in [2.45, 2.75) is 46.1 Å². The van der Waals surface area contributed by atoms with Crippen LogP contribution < -0.4 is 5.73 Å². The van der Waals surface area contributed by atoms with Crippen molar-refractivity contribution in [3.63, 3.8) is 0 Å². The highest BCUT2D eigenvalue weighted by Crippen LogP contribution is 2.23. The molecule has 1 aromatic rings. The predicted octanol–water partition coefficient (Wildman–Crippen LogP) is 3.59. The summed E-state index contributed by atoms with van der Waals surface area (Å²) in [5, 5.41) is 0. The molecular formula is C16H26N2. The van der Waals surface area contributed by atoms with Crippen molar-refractivity contribution in [3.05, 3.63) is 29.3 Å². The number of nitrogen functional groups attached to an aromatic ring is 1. The monoisotopic (exact) mass is 246 g/mol. The first-order chi connectivity index (χ1) is 8.70. The van der Waals surface area contributed by atoms with Crippen molar-refractivity contribution in [1.29, 1.82) is 0 Å². The minimum Gasteiger partial charge on any atom is -0.399 e. The van der Waals surface area contributed by atoms with Gasteiger partial charge < -0.3 is 5.73 Å². The lowest BCUT2D eigenvalue weighted by molar-refractivity contribution is 0.271. The van der Waals surface area contributed by atoms with Crippen molar-refractivity contribution in [1.82, 2.24) is 4.90 Å². The smallest absolute Gasteiger partial charge is 0.0346 e. The Morgan fingerprint density at radius 2 is 2.11 bits per heavy atom. The lowest BCUT2D eigenvalue weighted by Gasteiger charge is -2.21. The number of anilines is 1. The number of likely N-dealkylation sites (tertiary alicyclic amines) is 1. The third-order valence-electron chi connectivity index (χ3n) is 4.40. The zero-order chi connectivity index (χ0) is 13.0. The van der Waals surface area contributed by atoms with E-state index in [0.717, 1.165) is 18.2 Å². The maximum atomic E-state index is 5.98. The number of nitrogens with zero attached hydrogens (tertiary/aromatic N) is 1. The molecule has 2 N–H and O–H groups in total. The summed E-state index contributed by atoms with van der Waals surface area (Å²) in [4.78, 5) is 2.59. The maximum absolute atomic E-state index is 5.98. The molecule has 1 saturated heterocycles. The van der Waals surface area contributed by atoms with Gasteiger partial charge in [-0.1, -0.05) is 25.5 Å².